The number of hydrogen-bond acceptors (Lipinski definition) is 6. The van der Waals surface area contributed by atoms with E-state index in [9.17, 15) is 22.4 Å². The van der Waals surface area contributed by atoms with Gasteiger partial charge in [-0.05, 0) is 50.6 Å². The molecule has 1 aromatic carbocycles. The molecule has 0 unspecified atom stereocenters. The molecule has 1 saturated heterocycles. The van der Waals surface area contributed by atoms with Crippen LogP contribution in [0.25, 0.3) is 5.65 Å². The van der Waals surface area contributed by atoms with Gasteiger partial charge in [-0.2, -0.15) is 13.2 Å². The molecule has 3 aromatic rings. The van der Waals surface area contributed by atoms with Crippen LogP contribution in [-0.2, 0) is 6.42 Å². The summed E-state index contributed by atoms with van der Waals surface area (Å²) in [5, 5.41) is 8.78. The molecule has 0 spiro atoms. The normalized spacial score (nSPS) is 17.7. The number of imidazole rings is 1. The summed E-state index contributed by atoms with van der Waals surface area (Å²) in [5.74, 6) is 5.72. The van der Waals surface area contributed by atoms with E-state index in [2.05, 4.69) is 32.8 Å². The Morgan fingerprint density at radius 1 is 1.27 bits per heavy atom. The predicted octanol–water partition coefficient (Wildman–Crippen LogP) is 4.12. The van der Waals surface area contributed by atoms with E-state index < -0.39 is 24.8 Å². The first-order valence-corrected chi connectivity index (χ1v) is 13.0. The lowest BCUT2D eigenvalue weighted by molar-refractivity contribution is -0.128. The number of benzene rings is 1. The van der Waals surface area contributed by atoms with Crippen molar-refractivity contribution in [1.29, 1.82) is 0 Å². The average Bonchev–Trinajstić information content (AvgIpc) is 3.24. The van der Waals surface area contributed by atoms with Crippen LogP contribution in [-0.4, -0.2) is 78.9 Å². The van der Waals surface area contributed by atoms with Crippen LogP contribution < -0.4 is 20.7 Å². The molecule has 4 rings (SSSR count). The second-order valence-corrected chi connectivity index (χ2v) is 9.51. The Labute approximate surface area is 230 Å². The first kappa shape index (κ1) is 29.0. The van der Waals surface area contributed by atoms with Gasteiger partial charge in [-0.1, -0.05) is 5.92 Å². The van der Waals surface area contributed by atoms with Crippen molar-refractivity contribution in [2.24, 2.45) is 0 Å². The molecule has 0 bridgehead atoms. The van der Waals surface area contributed by atoms with Gasteiger partial charge in [0.2, 0.25) is 0 Å². The van der Waals surface area contributed by atoms with E-state index in [4.69, 9.17) is 4.74 Å². The maximum atomic E-state index is 14.6. The van der Waals surface area contributed by atoms with Crippen LogP contribution in [0.1, 0.15) is 35.1 Å². The standard InChI is InChI=1S/C28H32F4N6O2/c1-4-40-25-15-18(9-10-19(25)27(39)33-2)34-12-5-7-22-24(16-28(30,31)32)38-13-6-8-23(26(38)36-22)35-21-11-14-37(3)17-20(21)29/h6,8-10,13,15,20-21,34-35H,4,11-12,14,16-17H2,1-3H3,(H,33,39)/t20-,21+/m0/s1. The fourth-order valence-corrected chi connectivity index (χ4v) is 4.61. The van der Waals surface area contributed by atoms with Gasteiger partial charge in [-0.3, -0.25) is 4.79 Å². The Hall–Kier alpha value is -3.98. The summed E-state index contributed by atoms with van der Waals surface area (Å²) in [4.78, 5) is 18.4. The number of nitrogens with zero attached hydrogens (tertiary/aromatic N) is 3. The lowest BCUT2D eigenvalue weighted by Crippen LogP contribution is -2.46. The highest BCUT2D eigenvalue weighted by molar-refractivity contribution is 5.97. The molecule has 8 nitrogen and oxygen atoms in total. The van der Waals surface area contributed by atoms with Crippen molar-refractivity contribution in [3.05, 3.63) is 53.5 Å². The Morgan fingerprint density at radius 2 is 2.08 bits per heavy atom. The van der Waals surface area contributed by atoms with Gasteiger partial charge in [0.1, 0.15) is 17.6 Å². The predicted molar refractivity (Wildman–Crippen MR) is 146 cm³/mol. The number of aromatic nitrogens is 2. The SMILES string of the molecule is CCOc1cc(NCC#Cc2nc3c(N[C@@H]4CCN(C)C[C@@H]4F)cccn3c2CC(F)(F)F)ccc1C(=O)NC. The van der Waals surface area contributed by atoms with E-state index in [-0.39, 0.29) is 36.0 Å². The van der Waals surface area contributed by atoms with Crippen molar-refractivity contribution in [2.75, 3.05) is 51.0 Å². The van der Waals surface area contributed by atoms with E-state index in [1.54, 1.807) is 37.3 Å². The number of carbonyl (C=O) groups excluding carboxylic acids is 1. The molecule has 0 aliphatic carbocycles. The van der Waals surface area contributed by atoms with Crippen LogP contribution in [0.3, 0.4) is 0 Å². The average molecular weight is 561 g/mol. The number of fused-ring (bicyclic) bond motifs is 1. The molecule has 1 fully saturated rings. The third-order valence-corrected chi connectivity index (χ3v) is 6.54. The Kier molecular flexibility index (Phi) is 9.04. The van der Waals surface area contributed by atoms with E-state index in [1.807, 2.05) is 11.9 Å². The second kappa shape index (κ2) is 12.5. The van der Waals surface area contributed by atoms with Crippen molar-refractivity contribution < 1.29 is 27.1 Å². The Balaban J connectivity index is 1.58. The summed E-state index contributed by atoms with van der Waals surface area (Å²) < 4.78 is 62.1. The molecular formula is C28H32F4N6O2. The fourth-order valence-electron chi connectivity index (χ4n) is 4.61. The number of anilines is 2. The summed E-state index contributed by atoms with van der Waals surface area (Å²) in [7, 11) is 3.37. The maximum absolute atomic E-state index is 14.6. The Morgan fingerprint density at radius 3 is 2.77 bits per heavy atom. The molecule has 1 aliphatic heterocycles. The molecular weight excluding hydrogens is 528 g/mol. The number of hydrogen-bond donors (Lipinski definition) is 3. The first-order valence-electron chi connectivity index (χ1n) is 13.0. The molecule has 0 radical (unpaired) electrons. The number of piperidine rings is 1. The lowest BCUT2D eigenvalue weighted by atomic mass is 10.0. The number of nitrogens with one attached hydrogen (secondary N) is 3. The van der Waals surface area contributed by atoms with Gasteiger partial charge in [0.15, 0.2) is 5.65 Å². The maximum Gasteiger partial charge on any atom is 0.394 e. The second-order valence-electron chi connectivity index (χ2n) is 9.51. The summed E-state index contributed by atoms with van der Waals surface area (Å²) >= 11 is 0. The summed E-state index contributed by atoms with van der Waals surface area (Å²) in [5.41, 5.74) is 1.63. The molecule has 0 saturated carbocycles. The zero-order valence-corrected chi connectivity index (χ0v) is 22.5. The van der Waals surface area contributed by atoms with E-state index in [0.717, 1.165) is 0 Å². The number of halogens is 4. The number of amides is 1. The minimum atomic E-state index is -4.48. The largest absolute Gasteiger partial charge is 0.493 e. The molecule has 1 aliphatic rings. The number of pyridine rings is 1. The van der Waals surface area contributed by atoms with E-state index in [0.29, 0.717) is 42.3 Å². The monoisotopic (exact) mass is 560 g/mol. The molecule has 1 amide bonds. The first-order chi connectivity index (χ1) is 19.1. The summed E-state index contributed by atoms with van der Waals surface area (Å²) in [6.45, 7) is 3.26. The zero-order valence-electron chi connectivity index (χ0n) is 22.5. The van der Waals surface area contributed by atoms with Crippen LogP contribution in [0, 0.1) is 11.8 Å². The topological polar surface area (TPSA) is 82.9 Å². The molecule has 12 heteroatoms. The molecule has 40 heavy (non-hydrogen) atoms. The fraction of sp³-hybridized carbons (Fsp3) is 0.429. The number of alkyl halides is 4. The molecule has 3 heterocycles. The number of carbonyl (C=O) groups is 1. The number of likely N-dealkylation sites (tertiary alicyclic amines) is 1. The minimum absolute atomic E-state index is 0.00137. The van der Waals surface area contributed by atoms with Gasteiger partial charge in [0.25, 0.3) is 5.91 Å². The van der Waals surface area contributed by atoms with Crippen LogP contribution >= 0.6 is 0 Å². The third kappa shape index (κ3) is 6.96. The van der Waals surface area contributed by atoms with E-state index in [1.165, 1.54) is 17.6 Å². The summed E-state index contributed by atoms with van der Waals surface area (Å²) in [6.07, 6.45) is -4.75. The van der Waals surface area contributed by atoms with Gasteiger partial charge >= 0.3 is 6.18 Å². The van der Waals surface area contributed by atoms with Gasteiger partial charge in [0, 0.05) is 38.1 Å². The van der Waals surface area contributed by atoms with Crippen LogP contribution in [0.2, 0.25) is 0 Å². The quantitative estimate of drug-likeness (QED) is 0.284. The number of rotatable bonds is 8. The van der Waals surface area contributed by atoms with Crippen molar-refractivity contribution >= 4 is 22.9 Å². The third-order valence-electron chi connectivity index (χ3n) is 6.54. The van der Waals surface area contributed by atoms with Crippen LogP contribution in [0.5, 0.6) is 5.75 Å². The van der Waals surface area contributed by atoms with Gasteiger partial charge in [0.05, 0.1) is 42.6 Å². The van der Waals surface area contributed by atoms with Crippen LogP contribution in [0.15, 0.2) is 36.5 Å². The van der Waals surface area contributed by atoms with Crippen LogP contribution in [0.4, 0.5) is 28.9 Å². The van der Waals surface area contributed by atoms with Gasteiger partial charge < -0.3 is 30.0 Å². The smallest absolute Gasteiger partial charge is 0.394 e. The van der Waals surface area contributed by atoms with Crippen molar-refractivity contribution in [2.45, 2.75) is 38.2 Å². The molecule has 3 N–H and O–H groups in total. The molecule has 2 atom stereocenters. The highest BCUT2D eigenvalue weighted by Crippen LogP contribution is 2.28. The molecule has 214 valence electrons. The lowest BCUT2D eigenvalue weighted by Gasteiger charge is -2.33. The highest BCUT2D eigenvalue weighted by atomic mass is 19.4. The van der Waals surface area contributed by atoms with Crippen molar-refractivity contribution in [3.8, 4) is 17.6 Å². The zero-order chi connectivity index (χ0) is 28.9. The Bertz CT molecular complexity index is 1410. The highest BCUT2D eigenvalue weighted by Gasteiger charge is 2.32. The minimum Gasteiger partial charge on any atom is -0.493 e. The number of ether oxygens (including phenoxy) is 1. The van der Waals surface area contributed by atoms with E-state index >= 15 is 0 Å². The van der Waals surface area contributed by atoms with Gasteiger partial charge in [-0.25, -0.2) is 9.37 Å². The van der Waals surface area contributed by atoms with Crippen molar-refractivity contribution in [3.63, 3.8) is 0 Å². The van der Waals surface area contributed by atoms with Gasteiger partial charge in [-0.15, -0.1) is 0 Å². The molecule has 2 aromatic heterocycles. The summed E-state index contributed by atoms with van der Waals surface area (Å²) in [6, 6.07) is 7.78. The van der Waals surface area contributed by atoms with Crippen molar-refractivity contribution in [1.82, 2.24) is 19.6 Å².